The smallest absolute Gasteiger partial charge is 0.394 e. The van der Waals surface area contributed by atoms with Crippen LogP contribution in [0.4, 0.5) is 22.0 Å². The van der Waals surface area contributed by atoms with Gasteiger partial charge in [0, 0.05) is 0 Å². The maximum atomic E-state index is 14.0. The molecule has 2 rings (SSSR count). The van der Waals surface area contributed by atoms with Crippen molar-refractivity contribution in [3.8, 4) is 0 Å². The van der Waals surface area contributed by atoms with E-state index in [4.69, 9.17) is 4.43 Å². The molecule has 0 aliphatic rings. The molecule has 0 heterocycles. The number of alkyl halides is 5. The molecule has 0 aliphatic heterocycles. The second-order valence-electron chi connectivity index (χ2n) is 7.60. The van der Waals surface area contributed by atoms with Crippen molar-refractivity contribution >= 4 is 18.7 Å². The monoisotopic (exact) mass is 402 g/mol. The summed E-state index contributed by atoms with van der Waals surface area (Å²) >= 11 is 0. The Balaban J connectivity index is 2.53. The third-order valence-corrected chi connectivity index (χ3v) is 9.36. The molecule has 7 heteroatoms. The third-order valence-electron chi connectivity index (χ3n) is 4.38. The summed E-state index contributed by atoms with van der Waals surface area (Å²) in [5.74, 6) is -3.99. The van der Waals surface area contributed by atoms with Crippen LogP contribution in [0.2, 0.25) is 5.04 Å². The van der Waals surface area contributed by atoms with E-state index in [1.807, 2.05) is 20.8 Å². The minimum absolute atomic E-state index is 0.579. The average Bonchev–Trinajstić information content (AvgIpc) is 2.54. The molecule has 0 aliphatic carbocycles. The van der Waals surface area contributed by atoms with Gasteiger partial charge in [-0.05, 0) is 15.4 Å². The Bertz CT molecular complexity index is 684. The van der Waals surface area contributed by atoms with E-state index in [0.717, 1.165) is 10.4 Å². The van der Waals surface area contributed by atoms with E-state index < -0.39 is 38.5 Å². The zero-order valence-electron chi connectivity index (χ0n) is 15.5. The summed E-state index contributed by atoms with van der Waals surface area (Å²) in [6.07, 6.45) is -7.16. The Kier molecular flexibility index (Phi) is 6.16. The minimum Gasteiger partial charge on any atom is -0.401 e. The van der Waals surface area contributed by atoms with Gasteiger partial charge in [-0.15, -0.1) is 0 Å². The van der Waals surface area contributed by atoms with Crippen LogP contribution in [0.25, 0.3) is 0 Å². The van der Waals surface area contributed by atoms with Crippen molar-refractivity contribution in [2.24, 2.45) is 0 Å². The van der Waals surface area contributed by atoms with Crippen molar-refractivity contribution in [3.05, 3.63) is 60.7 Å². The molecule has 0 aromatic heterocycles. The first-order valence-corrected chi connectivity index (χ1v) is 10.5. The van der Waals surface area contributed by atoms with Crippen molar-refractivity contribution in [1.29, 1.82) is 0 Å². The quantitative estimate of drug-likeness (QED) is 0.480. The fourth-order valence-corrected chi connectivity index (χ4v) is 7.90. The first-order valence-electron chi connectivity index (χ1n) is 8.57. The second-order valence-corrected chi connectivity index (χ2v) is 11.9. The molecule has 27 heavy (non-hydrogen) atoms. The summed E-state index contributed by atoms with van der Waals surface area (Å²) in [6, 6.07) is 17.9. The van der Waals surface area contributed by atoms with Crippen LogP contribution in [0.3, 0.4) is 0 Å². The summed E-state index contributed by atoms with van der Waals surface area (Å²) in [5.41, 5.74) is 0. The number of hydrogen-bond donors (Lipinski definition) is 0. The summed E-state index contributed by atoms with van der Waals surface area (Å²) in [5, 5.41) is 0.905. The van der Waals surface area contributed by atoms with Crippen molar-refractivity contribution in [2.45, 2.75) is 44.3 Å². The second kappa shape index (κ2) is 7.71. The summed E-state index contributed by atoms with van der Waals surface area (Å²) < 4.78 is 71.5. The highest BCUT2D eigenvalue weighted by Crippen LogP contribution is 2.39. The number of benzene rings is 2. The highest BCUT2D eigenvalue weighted by Gasteiger charge is 2.53. The van der Waals surface area contributed by atoms with Crippen LogP contribution in [-0.2, 0) is 4.43 Å². The Hall–Kier alpha value is -1.73. The van der Waals surface area contributed by atoms with Crippen LogP contribution >= 0.6 is 0 Å². The van der Waals surface area contributed by atoms with E-state index >= 15 is 0 Å². The first kappa shape index (κ1) is 21.6. The van der Waals surface area contributed by atoms with E-state index in [-0.39, 0.29) is 0 Å². The fourth-order valence-electron chi connectivity index (χ4n) is 3.32. The number of rotatable bonds is 6. The van der Waals surface area contributed by atoms with Gasteiger partial charge in [0.05, 0.1) is 6.61 Å². The van der Waals surface area contributed by atoms with Crippen molar-refractivity contribution < 1.29 is 26.4 Å². The summed E-state index contributed by atoms with van der Waals surface area (Å²) in [6.45, 7) is 4.35. The molecule has 0 saturated carbocycles. The SMILES string of the molecule is CC(C)(C)[Si](OCC(F)(F)CC(F)(F)F)(c1ccccc1)c1ccccc1. The van der Waals surface area contributed by atoms with E-state index in [2.05, 4.69) is 0 Å². The van der Waals surface area contributed by atoms with Crippen LogP contribution in [0, 0.1) is 0 Å². The third kappa shape index (κ3) is 5.16. The molecule has 0 fully saturated rings. The molecule has 0 spiro atoms. The molecular weight excluding hydrogens is 379 g/mol. The Morgan fingerprint density at radius 2 is 1.15 bits per heavy atom. The summed E-state index contributed by atoms with van der Waals surface area (Å²) in [7, 11) is -3.28. The minimum atomic E-state index is -4.96. The lowest BCUT2D eigenvalue weighted by atomic mass is 10.2. The van der Waals surface area contributed by atoms with Gasteiger partial charge in [-0.1, -0.05) is 81.4 Å². The lowest BCUT2D eigenvalue weighted by Gasteiger charge is -2.43. The van der Waals surface area contributed by atoms with Crippen molar-refractivity contribution in [1.82, 2.24) is 0 Å². The predicted molar refractivity (Wildman–Crippen MR) is 99.2 cm³/mol. The molecule has 148 valence electrons. The normalized spacial score (nSPS) is 13.6. The van der Waals surface area contributed by atoms with Crippen LogP contribution in [0.15, 0.2) is 60.7 Å². The van der Waals surface area contributed by atoms with Crippen molar-refractivity contribution in [3.63, 3.8) is 0 Å². The van der Waals surface area contributed by atoms with Crippen molar-refractivity contribution in [2.75, 3.05) is 6.61 Å². The van der Waals surface area contributed by atoms with E-state index in [1.165, 1.54) is 0 Å². The van der Waals surface area contributed by atoms with Crippen LogP contribution in [-0.4, -0.2) is 27.0 Å². The molecule has 0 atom stereocenters. The van der Waals surface area contributed by atoms with Gasteiger partial charge in [0.15, 0.2) is 0 Å². The molecule has 0 saturated heterocycles. The molecule has 0 radical (unpaired) electrons. The molecule has 1 nitrogen and oxygen atoms in total. The van der Waals surface area contributed by atoms with Crippen LogP contribution < -0.4 is 10.4 Å². The topological polar surface area (TPSA) is 9.23 Å². The molecule has 0 N–H and O–H groups in total. The Morgan fingerprint density at radius 1 is 0.741 bits per heavy atom. The number of hydrogen-bond acceptors (Lipinski definition) is 1. The molecule has 2 aromatic rings. The molecule has 0 bridgehead atoms. The van der Waals surface area contributed by atoms with Gasteiger partial charge >= 0.3 is 6.18 Å². The lowest BCUT2D eigenvalue weighted by Crippen LogP contribution is -2.67. The van der Waals surface area contributed by atoms with E-state index in [9.17, 15) is 22.0 Å². The van der Waals surface area contributed by atoms with E-state index in [0.29, 0.717) is 0 Å². The van der Waals surface area contributed by atoms with Gasteiger partial charge in [0.1, 0.15) is 6.42 Å². The molecule has 2 aromatic carbocycles. The van der Waals surface area contributed by atoms with Gasteiger partial charge in [-0.2, -0.15) is 13.2 Å². The summed E-state index contributed by atoms with van der Waals surface area (Å²) in [4.78, 5) is 0. The largest absolute Gasteiger partial charge is 0.401 e. The highest BCUT2D eigenvalue weighted by atomic mass is 28.4. The lowest BCUT2D eigenvalue weighted by molar-refractivity contribution is -0.195. The Morgan fingerprint density at radius 3 is 1.48 bits per heavy atom. The van der Waals surface area contributed by atoms with E-state index in [1.54, 1.807) is 60.7 Å². The number of halogens is 5. The zero-order valence-corrected chi connectivity index (χ0v) is 16.5. The van der Waals surface area contributed by atoms with Gasteiger partial charge < -0.3 is 4.43 Å². The van der Waals surface area contributed by atoms with Gasteiger partial charge in [-0.25, -0.2) is 8.78 Å². The van der Waals surface area contributed by atoms with Crippen LogP contribution in [0.1, 0.15) is 27.2 Å². The zero-order chi connectivity index (χ0) is 20.3. The molecular formula is C20H23F5OSi. The Labute approximate surface area is 157 Å². The van der Waals surface area contributed by atoms with Gasteiger partial charge in [0.2, 0.25) is 0 Å². The fraction of sp³-hybridized carbons (Fsp3) is 0.400. The highest BCUT2D eigenvalue weighted by molar-refractivity contribution is 6.99. The molecule has 0 amide bonds. The predicted octanol–water partition coefficient (Wildman–Crippen LogP) is 5.15. The average molecular weight is 402 g/mol. The maximum absolute atomic E-state index is 14.0. The van der Waals surface area contributed by atoms with Crippen LogP contribution in [0.5, 0.6) is 0 Å². The maximum Gasteiger partial charge on any atom is 0.394 e. The van der Waals surface area contributed by atoms with Gasteiger partial charge in [0.25, 0.3) is 14.2 Å². The first-order chi connectivity index (χ1) is 12.4. The standard InChI is InChI=1S/C20H23F5OSi/c1-18(2,3)27(16-10-6-4-7-11-16,17-12-8-5-9-13-17)26-15-19(21,22)14-20(23,24)25/h4-13H,14-15H2,1-3H3. The molecule has 0 unspecified atom stereocenters. The van der Waals surface area contributed by atoms with Gasteiger partial charge in [-0.3, -0.25) is 0 Å².